The fraction of sp³-hybridized carbons (Fsp3) is 0.556. The van der Waals surface area contributed by atoms with Crippen molar-refractivity contribution < 1.29 is 19.7 Å². The Morgan fingerprint density at radius 3 is 2.78 bits per heavy atom. The summed E-state index contributed by atoms with van der Waals surface area (Å²) in [5.41, 5.74) is 1.46. The number of carbonyl (C=O) groups excluding carboxylic acids is 1. The van der Waals surface area contributed by atoms with Crippen molar-refractivity contribution in [2.24, 2.45) is 0 Å². The molecule has 0 fully saturated rings. The molecule has 0 radical (unpaired) electrons. The van der Waals surface area contributed by atoms with E-state index in [0.29, 0.717) is 12.9 Å². The molecule has 0 aromatic carbocycles. The number of hydrogen-bond acceptors (Lipinski definition) is 5. The van der Waals surface area contributed by atoms with E-state index in [1.165, 1.54) is 12.4 Å². The lowest BCUT2D eigenvalue weighted by atomic mass is 9.80. The molecule has 0 saturated carbocycles. The van der Waals surface area contributed by atoms with E-state index in [1.807, 2.05) is 6.92 Å². The lowest BCUT2D eigenvalue weighted by molar-refractivity contribution is 0.0800. The molecule has 0 saturated heterocycles. The molecular weight excluding hydrogens is 294 g/mol. The van der Waals surface area contributed by atoms with Crippen LogP contribution >= 0.6 is 0 Å². The number of ether oxygens (including phenoxy) is 1. The van der Waals surface area contributed by atoms with E-state index in [2.05, 4.69) is 11.9 Å². The SMILES string of the molecule is CCCC(C)(O)C1=C(COc2cncc(O)c2C=O)CCCC1. The van der Waals surface area contributed by atoms with E-state index in [-0.39, 0.29) is 17.1 Å². The van der Waals surface area contributed by atoms with E-state index in [4.69, 9.17) is 4.74 Å². The molecule has 0 amide bonds. The Labute approximate surface area is 137 Å². The number of aliphatic hydroxyl groups is 1. The van der Waals surface area contributed by atoms with Gasteiger partial charge in [0.1, 0.15) is 17.9 Å². The Morgan fingerprint density at radius 2 is 2.09 bits per heavy atom. The van der Waals surface area contributed by atoms with Gasteiger partial charge in [0, 0.05) is 0 Å². The highest BCUT2D eigenvalue weighted by atomic mass is 16.5. The van der Waals surface area contributed by atoms with Crippen LogP contribution < -0.4 is 4.74 Å². The summed E-state index contributed by atoms with van der Waals surface area (Å²) in [6.07, 6.45) is 8.76. The number of pyridine rings is 1. The van der Waals surface area contributed by atoms with Gasteiger partial charge in [-0.3, -0.25) is 9.78 Å². The number of carbonyl (C=O) groups is 1. The smallest absolute Gasteiger partial charge is 0.157 e. The minimum atomic E-state index is -0.807. The predicted octanol–water partition coefficient (Wildman–Crippen LogP) is 3.40. The van der Waals surface area contributed by atoms with Crippen molar-refractivity contribution in [1.29, 1.82) is 0 Å². The Bertz CT molecular complexity index is 593. The van der Waals surface area contributed by atoms with Gasteiger partial charge in [-0.25, -0.2) is 0 Å². The normalized spacial score (nSPS) is 17.7. The van der Waals surface area contributed by atoms with Crippen LogP contribution in [0.3, 0.4) is 0 Å². The van der Waals surface area contributed by atoms with Crippen LogP contribution in [0, 0.1) is 0 Å². The summed E-state index contributed by atoms with van der Waals surface area (Å²) in [5.74, 6) is 0.0842. The second-order valence-corrected chi connectivity index (χ2v) is 6.29. The van der Waals surface area contributed by atoms with Crippen molar-refractivity contribution in [3.8, 4) is 11.5 Å². The van der Waals surface area contributed by atoms with Crippen LogP contribution in [0.1, 0.15) is 62.7 Å². The quantitative estimate of drug-likeness (QED) is 0.595. The van der Waals surface area contributed by atoms with Gasteiger partial charge in [-0.05, 0) is 50.2 Å². The summed E-state index contributed by atoms with van der Waals surface area (Å²) >= 11 is 0. The van der Waals surface area contributed by atoms with Crippen molar-refractivity contribution in [1.82, 2.24) is 4.98 Å². The minimum Gasteiger partial charge on any atom is -0.505 e. The maximum Gasteiger partial charge on any atom is 0.157 e. The number of aromatic nitrogens is 1. The molecule has 1 aliphatic carbocycles. The molecule has 1 aromatic rings. The maximum atomic E-state index is 11.1. The zero-order chi connectivity index (χ0) is 16.9. The van der Waals surface area contributed by atoms with Gasteiger partial charge in [0.2, 0.25) is 0 Å². The highest BCUT2D eigenvalue weighted by Crippen LogP contribution is 2.35. The van der Waals surface area contributed by atoms with Crippen molar-refractivity contribution in [2.45, 2.75) is 58.0 Å². The Morgan fingerprint density at radius 1 is 1.35 bits per heavy atom. The molecule has 23 heavy (non-hydrogen) atoms. The third-order valence-electron chi connectivity index (χ3n) is 4.42. The van der Waals surface area contributed by atoms with E-state index in [1.54, 1.807) is 0 Å². The predicted molar refractivity (Wildman–Crippen MR) is 87.8 cm³/mol. The van der Waals surface area contributed by atoms with Crippen molar-refractivity contribution in [2.75, 3.05) is 6.61 Å². The van der Waals surface area contributed by atoms with Crippen molar-refractivity contribution in [3.63, 3.8) is 0 Å². The Kier molecular flexibility index (Phi) is 5.77. The van der Waals surface area contributed by atoms with Gasteiger partial charge in [-0.2, -0.15) is 0 Å². The van der Waals surface area contributed by atoms with Gasteiger partial charge in [0.15, 0.2) is 12.0 Å². The van der Waals surface area contributed by atoms with Gasteiger partial charge in [-0.15, -0.1) is 0 Å². The first-order valence-electron chi connectivity index (χ1n) is 8.18. The van der Waals surface area contributed by atoms with Crippen LogP contribution in [-0.2, 0) is 0 Å². The van der Waals surface area contributed by atoms with Gasteiger partial charge in [0.25, 0.3) is 0 Å². The second kappa shape index (κ2) is 7.59. The highest BCUT2D eigenvalue weighted by Gasteiger charge is 2.29. The van der Waals surface area contributed by atoms with Crippen LogP contribution in [0.4, 0.5) is 0 Å². The molecule has 0 bridgehead atoms. The molecule has 126 valence electrons. The molecule has 1 aromatic heterocycles. The fourth-order valence-corrected chi connectivity index (χ4v) is 3.25. The van der Waals surface area contributed by atoms with E-state index < -0.39 is 5.60 Å². The summed E-state index contributed by atoms with van der Waals surface area (Å²) in [4.78, 5) is 14.9. The number of nitrogens with zero attached hydrogens (tertiary/aromatic N) is 1. The summed E-state index contributed by atoms with van der Waals surface area (Å²) in [6.45, 7) is 4.23. The van der Waals surface area contributed by atoms with E-state index in [9.17, 15) is 15.0 Å². The van der Waals surface area contributed by atoms with Crippen molar-refractivity contribution >= 4 is 6.29 Å². The highest BCUT2D eigenvalue weighted by molar-refractivity contribution is 5.82. The molecule has 1 unspecified atom stereocenters. The number of hydrogen-bond donors (Lipinski definition) is 2. The van der Waals surface area contributed by atoms with Gasteiger partial charge in [0.05, 0.1) is 18.0 Å². The molecule has 2 N–H and O–H groups in total. The fourth-order valence-electron chi connectivity index (χ4n) is 3.25. The number of aromatic hydroxyl groups is 1. The molecule has 5 heteroatoms. The molecule has 0 aliphatic heterocycles. The molecule has 0 spiro atoms. The van der Waals surface area contributed by atoms with Crippen LogP contribution in [-0.4, -0.2) is 33.7 Å². The standard InChI is InChI=1S/C18H25NO4/c1-3-8-18(2,22)15-7-5-4-6-13(15)12-23-17-10-19-9-16(21)14(17)11-20/h9-11,21-22H,3-8,12H2,1-2H3. The first-order valence-corrected chi connectivity index (χ1v) is 8.18. The molecule has 1 aliphatic rings. The Hall–Kier alpha value is -1.88. The van der Waals surface area contributed by atoms with Crippen LogP contribution in [0.5, 0.6) is 11.5 Å². The number of rotatable bonds is 7. The van der Waals surface area contributed by atoms with E-state index in [0.717, 1.165) is 49.7 Å². The molecular formula is C18H25NO4. The largest absolute Gasteiger partial charge is 0.505 e. The van der Waals surface area contributed by atoms with Gasteiger partial charge in [-0.1, -0.05) is 13.3 Å². The maximum absolute atomic E-state index is 11.1. The lowest BCUT2D eigenvalue weighted by Crippen LogP contribution is -2.30. The molecule has 1 atom stereocenters. The van der Waals surface area contributed by atoms with Gasteiger partial charge >= 0.3 is 0 Å². The summed E-state index contributed by atoms with van der Waals surface area (Å²) in [7, 11) is 0. The number of aldehydes is 1. The third kappa shape index (κ3) is 4.10. The Balaban J connectivity index is 2.21. The first-order chi connectivity index (χ1) is 11.0. The molecule has 2 rings (SSSR count). The monoisotopic (exact) mass is 319 g/mol. The van der Waals surface area contributed by atoms with Gasteiger partial charge < -0.3 is 14.9 Å². The summed E-state index contributed by atoms with van der Waals surface area (Å²) in [6, 6.07) is 0. The average Bonchev–Trinajstić information content (AvgIpc) is 2.53. The second-order valence-electron chi connectivity index (χ2n) is 6.29. The summed E-state index contributed by atoms with van der Waals surface area (Å²) < 4.78 is 5.73. The minimum absolute atomic E-state index is 0.110. The van der Waals surface area contributed by atoms with Crippen LogP contribution in [0.15, 0.2) is 23.5 Å². The van der Waals surface area contributed by atoms with Crippen LogP contribution in [0.2, 0.25) is 0 Å². The molecule has 5 nitrogen and oxygen atoms in total. The van der Waals surface area contributed by atoms with Crippen LogP contribution in [0.25, 0.3) is 0 Å². The third-order valence-corrected chi connectivity index (χ3v) is 4.42. The van der Waals surface area contributed by atoms with Crippen molar-refractivity contribution in [3.05, 3.63) is 29.1 Å². The van der Waals surface area contributed by atoms with E-state index >= 15 is 0 Å². The average molecular weight is 319 g/mol. The topological polar surface area (TPSA) is 79.7 Å². The zero-order valence-corrected chi connectivity index (χ0v) is 13.8. The molecule has 1 heterocycles. The lowest BCUT2D eigenvalue weighted by Gasteiger charge is -2.32. The first kappa shape index (κ1) is 17.5. The summed E-state index contributed by atoms with van der Waals surface area (Å²) in [5, 5.41) is 20.4. The zero-order valence-electron chi connectivity index (χ0n) is 13.8.